The van der Waals surface area contributed by atoms with Gasteiger partial charge in [0.05, 0.1) is 7.11 Å². The molecule has 0 atom stereocenters. The predicted molar refractivity (Wildman–Crippen MR) is 89.7 cm³/mol. The lowest BCUT2D eigenvalue weighted by Crippen LogP contribution is -2.12. The van der Waals surface area contributed by atoms with Gasteiger partial charge in [0.1, 0.15) is 22.8 Å². The molecule has 0 spiro atoms. The van der Waals surface area contributed by atoms with E-state index in [4.69, 9.17) is 14.2 Å². The van der Waals surface area contributed by atoms with E-state index in [1.807, 2.05) is 13.0 Å². The van der Waals surface area contributed by atoms with Gasteiger partial charge in [-0.05, 0) is 43.2 Å². The first-order chi connectivity index (χ1) is 11.4. The molecule has 0 aliphatic heterocycles. The zero-order valence-electron chi connectivity index (χ0n) is 13.8. The summed E-state index contributed by atoms with van der Waals surface area (Å²) in [6.07, 6.45) is 1.06. The Morgan fingerprint density at radius 2 is 1.79 bits per heavy atom. The third-order valence-electron chi connectivity index (χ3n) is 3.29. The third kappa shape index (κ3) is 4.01. The summed E-state index contributed by atoms with van der Waals surface area (Å²) in [7, 11) is 1.42. The Labute approximate surface area is 140 Å². The lowest BCUT2D eigenvalue weighted by molar-refractivity contribution is -0.129. The van der Waals surface area contributed by atoms with Crippen molar-refractivity contribution in [2.75, 3.05) is 7.11 Å². The number of benzene rings is 2. The van der Waals surface area contributed by atoms with Gasteiger partial charge in [0.25, 0.3) is 0 Å². The molecular formula is C19H18O5. The molecule has 0 saturated heterocycles. The number of esters is 2. The molecule has 0 aromatic heterocycles. The van der Waals surface area contributed by atoms with Gasteiger partial charge in [-0.25, -0.2) is 9.59 Å². The van der Waals surface area contributed by atoms with Gasteiger partial charge in [-0.2, -0.15) is 0 Å². The number of carbonyl (C=O) groups excluding carboxylic acids is 2. The first-order valence-electron chi connectivity index (χ1n) is 7.26. The summed E-state index contributed by atoms with van der Waals surface area (Å²) in [6, 6.07) is 10.2. The smallest absolute Gasteiger partial charge is 0.347 e. The fraction of sp³-hybridized carbons (Fsp3) is 0.158. The second kappa shape index (κ2) is 7.46. The summed E-state index contributed by atoms with van der Waals surface area (Å²) in [5, 5.41) is 0. The highest BCUT2D eigenvalue weighted by Gasteiger charge is 2.18. The van der Waals surface area contributed by atoms with E-state index < -0.39 is 11.9 Å². The van der Waals surface area contributed by atoms with Crippen LogP contribution in [-0.4, -0.2) is 19.0 Å². The van der Waals surface area contributed by atoms with Gasteiger partial charge >= 0.3 is 11.9 Å². The molecule has 0 aliphatic carbocycles. The molecule has 0 unspecified atom stereocenters. The first kappa shape index (κ1) is 17.3. The molecule has 0 heterocycles. The topological polar surface area (TPSA) is 61.8 Å². The van der Waals surface area contributed by atoms with Crippen LogP contribution in [0.5, 0.6) is 17.2 Å². The van der Waals surface area contributed by atoms with Gasteiger partial charge in [-0.3, -0.25) is 0 Å². The standard InChI is InChI=1S/C19H18O5/c1-5-18(20)24-16-11-17(22-4)15(10-13(16)3)19(21)23-14-8-6-7-12(2)9-14/h5-11H,1H2,2-4H3. The fourth-order valence-electron chi connectivity index (χ4n) is 2.10. The molecule has 0 amide bonds. The lowest BCUT2D eigenvalue weighted by Gasteiger charge is -2.13. The van der Waals surface area contributed by atoms with Crippen LogP contribution in [-0.2, 0) is 4.79 Å². The Kier molecular flexibility index (Phi) is 5.37. The zero-order valence-corrected chi connectivity index (χ0v) is 13.8. The number of methoxy groups -OCH3 is 1. The maximum atomic E-state index is 12.4. The molecule has 2 aromatic rings. The maximum Gasteiger partial charge on any atom is 0.347 e. The van der Waals surface area contributed by atoms with Crippen molar-refractivity contribution in [2.45, 2.75) is 13.8 Å². The van der Waals surface area contributed by atoms with Crippen LogP contribution < -0.4 is 14.2 Å². The Morgan fingerprint density at radius 1 is 1.04 bits per heavy atom. The molecule has 0 radical (unpaired) electrons. The van der Waals surface area contributed by atoms with Crippen molar-refractivity contribution in [2.24, 2.45) is 0 Å². The van der Waals surface area contributed by atoms with Gasteiger partial charge in [-0.1, -0.05) is 18.7 Å². The van der Waals surface area contributed by atoms with Crippen LogP contribution >= 0.6 is 0 Å². The highest BCUT2D eigenvalue weighted by Crippen LogP contribution is 2.30. The molecule has 5 heteroatoms. The summed E-state index contributed by atoms with van der Waals surface area (Å²) >= 11 is 0. The number of hydrogen-bond donors (Lipinski definition) is 0. The molecule has 0 fully saturated rings. The maximum absolute atomic E-state index is 12.4. The Bertz CT molecular complexity index is 792. The molecule has 0 saturated carbocycles. The van der Waals surface area contributed by atoms with Crippen LogP contribution in [0.3, 0.4) is 0 Å². The highest BCUT2D eigenvalue weighted by molar-refractivity contribution is 5.95. The summed E-state index contributed by atoms with van der Waals surface area (Å²) in [6.45, 7) is 6.97. The SMILES string of the molecule is C=CC(=O)Oc1cc(OC)c(C(=O)Oc2cccc(C)c2)cc1C. The quantitative estimate of drug-likeness (QED) is 0.477. The summed E-state index contributed by atoms with van der Waals surface area (Å²) in [5.74, 6) is -0.145. The molecule has 5 nitrogen and oxygen atoms in total. The molecule has 0 N–H and O–H groups in total. The van der Waals surface area contributed by atoms with Crippen LogP contribution in [0.15, 0.2) is 49.1 Å². The number of hydrogen-bond acceptors (Lipinski definition) is 5. The van der Waals surface area contributed by atoms with E-state index in [2.05, 4.69) is 6.58 Å². The van der Waals surface area contributed by atoms with Gasteiger partial charge < -0.3 is 14.2 Å². The van der Waals surface area contributed by atoms with E-state index >= 15 is 0 Å². The highest BCUT2D eigenvalue weighted by atomic mass is 16.5. The predicted octanol–water partition coefficient (Wildman–Crippen LogP) is 3.62. The van der Waals surface area contributed by atoms with Crippen molar-refractivity contribution in [3.63, 3.8) is 0 Å². The Hall–Kier alpha value is -3.08. The van der Waals surface area contributed by atoms with Gasteiger partial charge in [0.2, 0.25) is 0 Å². The largest absolute Gasteiger partial charge is 0.496 e. The number of carbonyl (C=O) groups is 2. The molecule has 124 valence electrons. The molecule has 0 aliphatic rings. The van der Waals surface area contributed by atoms with Crippen LogP contribution in [0.1, 0.15) is 21.5 Å². The van der Waals surface area contributed by atoms with Crippen molar-refractivity contribution in [3.8, 4) is 17.2 Å². The zero-order chi connectivity index (χ0) is 17.7. The summed E-state index contributed by atoms with van der Waals surface area (Å²) in [5.41, 5.74) is 1.83. The van der Waals surface area contributed by atoms with Crippen LogP contribution in [0.2, 0.25) is 0 Å². The number of ether oxygens (including phenoxy) is 3. The number of aryl methyl sites for hydroxylation is 2. The molecule has 24 heavy (non-hydrogen) atoms. The third-order valence-corrected chi connectivity index (χ3v) is 3.29. The summed E-state index contributed by atoms with van der Waals surface area (Å²) < 4.78 is 15.7. The minimum Gasteiger partial charge on any atom is -0.496 e. The number of rotatable bonds is 5. The average Bonchev–Trinajstić information content (AvgIpc) is 2.56. The minimum atomic E-state index is -0.588. The van der Waals surface area contributed by atoms with Crippen molar-refractivity contribution < 1.29 is 23.8 Å². The molecular weight excluding hydrogens is 308 g/mol. The lowest BCUT2D eigenvalue weighted by atomic mass is 10.1. The van der Waals surface area contributed by atoms with Gasteiger partial charge in [-0.15, -0.1) is 0 Å². The first-order valence-corrected chi connectivity index (χ1v) is 7.26. The van der Waals surface area contributed by atoms with Gasteiger partial charge in [0, 0.05) is 12.1 Å². The van der Waals surface area contributed by atoms with Crippen LogP contribution in [0, 0.1) is 13.8 Å². The van der Waals surface area contributed by atoms with Crippen molar-refractivity contribution in [1.29, 1.82) is 0 Å². The second-order valence-corrected chi connectivity index (χ2v) is 5.15. The van der Waals surface area contributed by atoms with E-state index in [9.17, 15) is 9.59 Å². The fourth-order valence-corrected chi connectivity index (χ4v) is 2.10. The van der Waals surface area contributed by atoms with E-state index in [1.54, 1.807) is 31.2 Å². The van der Waals surface area contributed by atoms with E-state index in [-0.39, 0.29) is 11.3 Å². The Balaban J connectivity index is 2.32. The molecule has 0 bridgehead atoms. The monoisotopic (exact) mass is 326 g/mol. The minimum absolute atomic E-state index is 0.245. The molecule has 2 rings (SSSR count). The second-order valence-electron chi connectivity index (χ2n) is 5.15. The Morgan fingerprint density at radius 3 is 2.42 bits per heavy atom. The van der Waals surface area contributed by atoms with Gasteiger partial charge in [0.15, 0.2) is 0 Å². The van der Waals surface area contributed by atoms with E-state index in [0.29, 0.717) is 17.1 Å². The van der Waals surface area contributed by atoms with Crippen molar-refractivity contribution in [3.05, 3.63) is 65.7 Å². The van der Waals surface area contributed by atoms with Crippen LogP contribution in [0.4, 0.5) is 0 Å². The molecule has 2 aromatic carbocycles. The summed E-state index contributed by atoms with van der Waals surface area (Å²) in [4.78, 5) is 23.8. The van der Waals surface area contributed by atoms with Crippen molar-refractivity contribution in [1.82, 2.24) is 0 Å². The van der Waals surface area contributed by atoms with Crippen LogP contribution in [0.25, 0.3) is 0 Å². The van der Waals surface area contributed by atoms with Crippen molar-refractivity contribution >= 4 is 11.9 Å². The normalized spacial score (nSPS) is 9.96. The average molecular weight is 326 g/mol. The van der Waals surface area contributed by atoms with E-state index in [1.165, 1.54) is 13.2 Å². The van der Waals surface area contributed by atoms with E-state index in [0.717, 1.165) is 11.6 Å².